The average molecular weight is 246 g/mol. The average Bonchev–Trinajstić information content (AvgIpc) is 2.65. The van der Waals surface area contributed by atoms with Gasteiger partial charge in [0, 0.05) is 18.2 Å². The van der Waals surface area contributed by atoms with Crippen molar-refractivity contribution in [3.05, 3.63) is 17.6 Å². The van der Waals surface area contributed by atoms with Gasteiger partial charge in [-0.25, -0.2) is 0 Å². The first-order valence-corrected chi connectivity index (χ1v) is 4.95. The van der Waals surface area contributed by atoms with Crippen LogP contribution in [-0.4, -0.2) is 21.0 Å². The predicted molar refractivity (Wildman–Crippen MR) is 51.9 cm³/mol. The molecule has 1 aliphatic carbocycles. The van der Waals surface area contributed by atoms with Gasteiger partial charge in [-0.15, -0.1) is 5.10 Å². The Hall–Kier alpha value is -1.86. The molecule has 17 heavy (non-hydrogen) atoms. The quantitative estimate of drug-likeness (QED) is 0.835. The maximum atomic E-state index is 12.2. The molecule has 92 valence electrons. The molecule has 2 rings (SSSR count). The number of hydrogen-bond donors (Lipinski definition) is 2. The molecular formula is C9H9F3N4O. The number of ketones is 1. The summed E-state index contributed by atoms with van der Waals surface area (Å²) in [5.74, 6) is -1.40. The molecule has 0 saturated carbocycles. The minimum absolute atomic E-state index is 0.0506. The second-order valence-electron chi connectivity index (χ2n) is 3.62. The smallest absolute Gasteiger partial charge is 0.326 e. The highest BCUT2D eigenvalue weighted by molar-refractivity contribution is 5.91. The number of nitrogens with zero attached hydrogens (tertiary/aromatic N) is 2. The molecule has 0 atom stereocenters. The number of rotatable bonds is 2. The molecule has 0 aliphatic heterocycles. The normalized spacial score (nSPS) is 16.9. The van der Waals surface area contributed by atoms with Crippen molar-refractivity contribution in [1.29, 1.82) is 0 Å². The summed E-state index contributed by atoms with van der Waals surface area (Å²) in [4.78, 5) is 14.3. The van der Waals surface area contributed by atoms with Crippen LogP contribution in [0.2, 0.25) is 0 Å². The highest BCUT2D eigenvalue weighted by atomic mass is 19.4. The van der Waals surface area contributed by atoms with Crippen LogP contribution in [0.15, 0.2) is 11.8 Å². The second-order valence-corrected chi connectivity index (χ2v) is 3.62. The molecule has 0 fully saturated rings. The predicted octanol–water partition coefficient (Wildman–Crippen LogP) is 1.87. The second kappa shape index (κ2) is 4.19. The molecule has 8 heteroatoms. The van der Waals surface area contributed by atoms with Gasteiger partial charge in [-0.2, -0.15) is 18.2 Å². The zero-order valence-corrected chi connectivity index (χ0v) is 8.64. The van der Waals surface area contributed by atoms with Gasteiger partial charge in [-0.3, -0.25) is 9.89 Å². The van der Waals surface area contributed by atoms with Gasteiger partial charge in [-0.05, 0) is 12.8 Å². The molecule has 0 unspecified atom stereocenters. The Morgan fingerprint density at radius 2 is 2.12 bits per heavy atom. The van der Waals surface area contributed by atoms with E-state index in [0.717, 1.165) is 0 Å². The van der Waals surface area contributed by atoms with E-state index in [9.17, 15) is 18.0 Å². The third-order valence-electron chi connectivity index (χ3n) is 2.23. The lowest BCUT2D eigenvalue weighted by Crippen LogP contribution is -2.10. The van der Waals surface area contributed by atoms with E-state index in [0.29, 0.717) is 25.0 Å². The fraction of sp³-hybridized carbons (Fsp3) is 0.444. The molecule has 0 aromatic carbocycles. The van der Waals surface area contributed by atoms with E-state index < -0.39 is 12.0 Å². The number of allylic oxidation sites excluding steroid dienone is 2. The number of alkyl halides is 3. The fourth-order valence-electron chi connectivity index (χ4n) is 1.48. The number of halogens is 3. The number of hydrogen-bond acceptors (Lipinski definition) is 4. The molecule has 1 aromatic heterocycles. The molecule has 0 amide bonds. The first kappa shape index (κ1) is 11.6. The number of H-pyrrole nitrogens is 1. The van der Waals surface area contributed by atoms with E-state index in [1.807, 2.05) is 0 Å². The van der Waals surface area contributed by atoms with Crippen LogP contribution in [0.3, 0.4) is 0 Å². The lowest BCUT2D eigenvalue weighted by molar-refractivity contribution is -0.144. The third kappa shape index (κ3) is 2.83. The van der Waals surface area contributed by atoms with Gasteiger partial charge in [0.25, 0.3) is 0 Å². The van der Waals surface area contributed by atoms with Crippen molar-refractivity contribution < 1.29 is 18.0 Å². The summed E-state index contributed by atoms with van der Waals surface area (Å²) < 4.78 is 36.6. The Balaban J connectivity index is 2.09. The lowest BCUT2D eigenvalue weighted by atomic mass is 10.0. The standard InChI is InChI=1S/C9H9F3N4O/c10-9(11,12)7-14-8(16-15-7)13-5-2-1-3-6(17)4-5/h4H,1-3H2,(H2,13,14,15,16). The molecule has 5 nitrogen and oxygen atoms in total. The summed E-state index contributed by atoms with van der Waals surface area (Å²) in [5.41, 5.74) is 0.536. The summed E-state index contributed by atoms with van der Waals surface area (Å²) in [6.07, 6.45) is -1.44. The van der Waals surface area contributed by atoms with Crippen molar-refractivity contribution in [2.45, 2.75) is 25.4 Å². The molecule has 2 N–H and O–H groups in total. The molecular weight excluding hydrogens is 237 g/mol. The molecule has 0 spiro atoms. The first-order chi connectivity index (χ1) is 7.95. The highest BCUT2D eigenvalue weighted by Crippen LogP contribution is 2.26. The number of aromatic amines is 1. The van der Waals surface area contributed by atoms with E-state index in [1.54, 1.807) is 5.10 Å². The zero-order valence-electron chi connectivity index (χ0n) is 8.64. The Bertz CT molecular complexity index is 463. The Morgan fingerprint density at radius 1 is 1.35 bits per heavy atom. The highest BCUT2D eigenvalue weighted by Gasteiger charge is 2.35. The zero-order chi connectivity index (χ0) is 12.5. The maximum absolute atomic E-state index is 12.2. The Labute approximate surface area is 94.1 Å². The largest absolute Gasteiger partial charge is 0.451 e. The van der Waals surface area contributed by atoms with E-state index in [4.69, 9.17) is 0 Å². The SMILES string of the molecule is O=C1C=C(Nc2n[nH]c(C(F)(F)F)n2)CCC1. The summed E-state index contributed by atoms with van der Waals surface area (Å²) >= 11 is 0. The molecule has 1 heterocycles. The van der Waals surface area contributed by atoms with Crippen molar-refractivity contribution in [2.24, 2.45) is 0 Å². The topological polar surface area (TPSA) is 70.7 Å². The Morgan fingerprint density at radius 3 is 2.71 bits per heavy atom. The van der Waals surface area contributed by atoms with Crippen LogP contribution in [0.5, 0.6) is 0 Å². The monoisotopic (exact) mass is 246 g/mol. The maximum Gasteiger partial charge on any atom is 0.451 e. The summed E-state index contributed by atoms with van der Waals surface area (Å²) in [6, 6.07) is 0. The molecule has 0 bridgehead atoms. The molecule has 0 radical (unpaired) electrons. The van der Waals surface area contributed by atoms with E-state index in [-0.39, 0.29) is 11.7 Å². The van der Waals surface area contributed by atoms with Crippen LogP contribution in [0.25, 0.3) is 0 Å². The van der Waals surface area contributed by atoms with Crippen LogP contribution in [0.1, 0.15) is 25.1 Å². The van der Waals surface area contributed by atoms with Crippen LogP contribution < -0.4 is 5.32 Å². The fourth-order valence-corrected chi connectivity index (χ4v) is 1.48. The first-order valence-electron chi connectivity index (χ1n) is 4.95. The summed E-state index contributed by atoms with van der Waals surface area (Å²) in [6.45, 7) is 0. The van der Waals surface area contributed by atoms with Crippen LogP contribution in [0.4, 0.5) is 19.1 Å². The van der Waals surface area contributed by atoms with E-state index in [1.165, 1.54) is 6.08 Å². The van der Waals surface area contributed by atoms with E-state index >= 15 is 0 Å². The van der Waals surface area contributed by atoms with Crippen LogP contribution in [-0.2, 0) is 11.0 Å². The number of carbonyl (C=O) groups is 1. The van der Waals surface area contributed by atoms with Crippen LogP contribution in [0, 0.1) is 0 Å². The van der Waals surface area contributed by atoms with Gasteiger partial charge in [0.1, 0.15) is 0 Å². The lowest BCUT2D eigenvalue weighted by Gasteiger charge is -2.11. The third-order valence-corrected chi connectivity index (χ3v) is 2.23. The summed E-state index contributed by atoms with van der Waals surface area (Å²) in [7, 11) is 0. The minimum Gasteiger partial charge on any atom is -0.326 e. The van der Waals surface area contributed by atoms with Crippen molar-refractivity contribution in [3.8, 4) is 0 Å². The minimum atomic E-state index is -4.55. The molecule has 0 saturated heterocycles. The van der Waals surface area contributed by atoms with Gasteiger partial charge < -0.3 is 5.32 Å². The van der Waals surface area contributed by atoms with Gasteiger partial charge in [-0.1, -0.05) is 0 Å². The van der Waals surface area contributed by atoms with Crippen molar-refractivity contribution in [1.82, 2.24) is 15.2 Å². The van der Waals surface area contributed by atoms with Gasteiger partial charge in [0.2, 0.25) is 11.8 Å². The number of nitrogens with one attached hydrogen (secondary N) is 2. The van der Waals surface area contributed by atoms with Crippen molar-refractivity contribution in [3.63, 3.8) is 0 Å². The van der Waals surface area contributed by atoms with Crippen molar-refractivity contribution >= 4 is 11.7 Å². The molecule has 1 aliphatic rings. The number of aromatic nitrogens is 3. The number of anilines is 1. The molecule has 1 aromatic rings. The van der Waals surface area contributed by atoms with Gasteiger partial charge >= 0.3 is 6.18 Å². The van der Waals surface area contributed by atoms with Crippen molar-refractivity contribution in [2.75, 3.05) is 5.32 Å². The van der Waals surface area contributed by atoms with Crippen LogP contribution >= 0.6 is 0 Å². The summed E-state index contributed by atoms with van der Waals surface area (Å²) in [5, 5.41) is 7.76. The van der Waals surface area contributed by atoms with Gasteiger partial charge in [0.05, 0.1) is 0 Å². The Kier molecular flexibility index (Phi) is 2.86. The van der Waals surface area contributed by atoms with Gasteiger partial charge in [0.15, 0.2) is 5.78 Å². The number of carbonyl (C=O) groups excluding carboxylic acids is 1. The van der Waals surface area contributed by atoms with E-state index in [2.05, 4.69) is 15.4 Å².